The number of benzene rings is 2. The van der Waals surface area contributed by atoms with Crippen molar-refractivity contribution >= 4 is 34.6 Å². The Bertz CT molecular complexity index is 1130. The summed E-state index contributed by atoms with van der Waals surface area (Å²) in [6.07, 6.45) is 1.59. The number of rotatable bonds is 4. The van der Waals surface area contributed by atoms with Crippen LogP contribution in [-0.2, 0) is 0 Å². The lowest BCUT2D eigenvalue weighted by molar-refractivity contribution is 0.102. The number of carbonyl (C=O) groups is 2. The molecule has 1 fully saturated rings. The molecule has 1 aromatic heterocycles. The zero-order valence-corrected chi connectivity index (χ0v) is 18.0. The van der Waals surface area contributed by atoms with Gasteiger partial charge in [-0.3, -0.25) is 4.79 Å². The first kappa shape index (κ1) is 20.9. The fraction of sp³-hybridized carbons (Fsp3) is 0.273. The van der Waals surface area contributed by atoms with Crippen molar-refractivity contribution in [2.45, 2.75) is 32.7 Å². The van der Waals surface area contributed by atoms with Crippen molar-refractivity contribution in [2.75, 3.05) is 17.2 Å². The molecule has 4 rings (SSSR count). The standard InChI is InChI=1S/C22H22FN5O2S/c1-13-8-9-17(11-14(13)2)25-22(30)28-10-4-7-18(28)20-26-27-21(31-20)19(29)24-16-6-3-5-15(23)12-16/h3,5-6,8-9,11-12,18H,4,7,10H2,1-2H3,(H,24,29)(H,25,30)/t18-/m1/s1. The first-order valence-electron chi connectivity index (χ1n) is 9.96. The molecule has 9 heteroatoms. The van der Waals surface area contributed by atoms with Crippen LogP contribution in [0.3, 0.4) is 0 Å². The molecule has 0 saturated carbocycles. The van der Waals surface area contributed by atoms with Gasteiger partial charge in [0.05, 0.1) is 6.04 Å². The summed E-state index contributed by atoms with van der Waals surface area (Å²) in [6, 6.07) is 11.0. The number of nitrogens with one attached hydrogen (secondary N) is 2. The van der Waals surface area contributed by atoms with Crippen LogP contribution in [0.5, 0.6) is 0 Å². The third kappa shape index (κ3) is 4.72. The number of halogens is 1. The average molecular weight is 440 g/mol. The van der Waals surface area contributed by atoms with Crippen LogP contribution >= 0.6 is 11.3 Å². The average Bonchev–Trinajstić information content (AvgIpc) is 3.40. The second-order valence-corrected chi connectivity index (χ2v) is 8.50. The molecular weight excluding hydrogens is 417 g/mol. The summed E-state index contributed by atoms with van der Waals surface area (Å²) in [4.78, 5) is 27.0. The van der Waals surface area contributed by atoms with Crippen LogP contribution in [0.4, 0.5) is 20.6 Å². The van der Waals surface area contributed by atoms with Crippen molar-refractivity contribution in [1.82, 2.24) is 15.1 Å². The Balaban J connectivity index is 1.45. The summed E-state index contributed by atoms with van der Waals surface area (Å²) >= 11 is 1.14. The maximum Gasteiger partial charge on any atom is 0.322 e. The second kappa shape index (κ2) is 8.81. The first-order valence-corrected chi connectivity index (χ1v) is 10.8. The number of aromatic nitrogens is 2. The number of aryl methyl sites for hydroxylation is 2. The molecule has 1 atom stereocenters. The lowest BCUT2D eigenvalue weighted by atomic mass is 10.1. The third-order valence-corrected chi connectivity index (χ3v) is 6.30. The molecule has 2 aromatic carbocycles. The van der Waals surface area contributed by atoms with Gasteiger partial charge in [0, 0.05) is 17.9 Å². The van der Waals surface area contributed by atoms with Crippen LogP contribution in [0.25, 0.3) is 0 Å². The summed E-state index contributed by atoms with van der Waals surface area (Å²) in [5.74, 6) is -0.898. The van der Waals surface area contributed by atoms with Crippen molar-refractivity contribution in [3.05, 3.63) is 69.4 Å². The molecule has 31 heavy (non-hydrogen) atoms. The van der Waals surface area contributed by atoms with Crippen LogP contribution in [-0.4, -0.2) is 33.6 Å². The highest BCUT2D eigenvalue weighted by atomic mass is 32.1. The minimum Gasteiger partial charge on any atom is -0.320 e. The predicted molar refractivity (Wildman–Crippen MR) is 118 cm³/mol. The van der Waals surface area contributed by atoms with E-state index in [9.17, 15) is 14.0 Å². The van der Waals surface area contributed by atoms with Gasteiger partial charge in [0.25, 0.3) is 5.91 Å². The van der Waals surface area contributed by atoms with Gasteiger partial charge in [-0.05, 0) is 68.1 Å². The van der Waals surface area contributed by atoms with E-state index in [1.807, 2.05) is 32.0 Å². The zero-order valence-electron chi connectivity index (χ0n) is 17.2. The summed E-state index contributed by atoms with van der Waals surface area (Å²) in [7, 11) is 0. The number of nitrogens with zero attached hydrogens (tertiary/aromatic N) is 3. The molecule has 160 valence electrons. The van der Waals surface area contributed by atoms with E-state index in [4.69, 9.17) is 0 Å². The van der Waals surface area contributed by atoms with Crippen LogP contribution < -0.4 is 10.6 Å². The minimum absolute atomic E-state index is 0.167. The highest BCUT2D eigenvalue weighted by molar-refractivity contribution is 7.13. The molecule has 2 N–H and O–H groups in total. The van der Waals surface area contributed by atoms with Gasteiger partial charge in [0.15, 0.2) is 0 Å². The lowest BCUT2D eigenvalue weighted by Crippen LogP contribution is -2.34. The molecular formula is C22H22FN5O2S. The number of urea groups is 1. The molecule has 3 aromatic rings. The fourth-order valence-corrected chi connectivity index (χ4v) is 4.38. The van der Waals surface area contributed by atoms with Gasteiger partial charge >= 0.3 is 6.03 Å². The molecule has 7 nitrogen and oxygen atoms in total. The Morgan fingerprint density at radius 3 is 2.65 bits per heavy atom. The van der Waals surface area contributed by atoms with Gasteiger partial charge < -0.3 is 15.5 Å². The van der Waals surface area contributed by atoms with E-state index < -0.39 is 11.7 Å². The number of anilines is 2. The van der Waals surface area contributed by atoms with Gasteiger partial charge in [-0.2, -0.15) is 0 Å². The van der Waals surface area contributed by atoms with E-state index in [-0.39, 0.29) is 17.1 Å². The van der Waals surface area contributed by atoms with Crippen LogP contribution in [0.15, 0.2) is 42.5 Å². The van der Waals surface area contributed by atoms with Gasteiger partial charge in [-0.1, -0.05) is 23.5 Å². The number of likely N-dealkylation sites (tertiary alicyclic amines) is 1. The summed E-state index contributed by atoms with van der Waals surface area (Å²) < 4.78 is 13.3. The Hall–Kier alpha value is -3.33. The number of carbonyl (C=O) groups excluding carboxylic acids is 2. The fourth-order valence-electron chi connectivity index (χ4n) is 3.49. The molecule has 0 unspecified atom stereocenters. The topological polar surface area (TPSA) is 87.2 Å². The molecule has 0 radical (unpaired) electrons. The number of hydrogen-bond acceptors (Lipinski definition) is 5. The Labute approximate surface area is 183 Å². The van der Waals surface area contributed by atoms with E-state index in [0.29, 0.717) is 17.2 Å². The van der Waals surface area contributed by atoms with Gasteiger partial charge in [-0.25, -0.2) is 9.18 Å². The smallest absolute Gasteiger partial charge is 0.320 e. The lowest BCUT2D eigenvalue weighted by Gasteiger charge is -2.23. The molecule has 3 amide bonds. The molecule has 0 aliphatic carbocycles. The Morgan fingerprint density at radius 1 is 1.06 bits per heavy atom. The maximum atomic E-state index is 13.3. The van der Waals surface area contributed by atoms with E-state index in [0.717, 1.165) is 41.0 Å². The van der Waals surface area contributed by atoms with Crippen LogP contribution in [0.1, 0.15) is 44.8 Å². The minimum atomic E-state index is -0.460. The maximum absolute atomic E-state index is 13.3. The molecule has 0 bridgehead atoms. The van der Waals surface area contributed by atoms with Gasteiger partial charge in [0.1, 0.15) is 10.8 Å². The Morgan fingerprint density at radius 2 is 1.87 bits per heavy atom. The number of amides is 3. The molecule has 1 aliphatic heterocycles. The number of hydrogen-bond donors (Lipinski definition) is 2. The zero-order chi connectivity index (χ0) is 22.0. The van der Waals surface area contributed by atoms with E-state index in [1.54, 1.807) is 11.0 Å². The van der Waals surface area contributed by atoms with Crippen molar-refractivity contribution in [2.24, 2.45) is 0 Å². The first-order chi connectivity index (χ1) is 14.9. The largest absolute Gasteiger partial charge is 0.322 e. The van der Waals surface area contributed by atoms with Gasteiger partial charge in [0.2, 0.25) is 5.01 Å². The van der Waals surface area contributed by atoms with Crippen molar-refractivity contribution in [3.63, 3.8) is 0 Å². The van der Waals surface area contributed by atoms with E-state index in [2.05, 4.69) is 20.8 Å². The quantitative estimate of drug-likeness (QED) is 0.604. The molecule has 2 heterocycles. The highest BCUT2D eigenvalue weighted by Gasteiger charge is 2.33. The van der Waals surface area contributed by atoms with Crippen molar-refractivity contribution in [3.8, 4) is 0 Å². The third-order valence-electron chi connectivity index (χ3n) is 5.27. The van der Waals surface area contributed by atoms with Crippen molar-refractivity contribution < 1.29 is 14.0 Å². The van der Waals surface area contributed by atoms with Crippen molar-refractivity contribution in [1.29, 1.82) is 0 Å². The highest BCUT2D eigenvalue weighted by Crippen LogP contribution is 2.34. The normalized spacial score (nSPS) is 15.7. The van der Waals surface area contributed by atoms with Crippen LogP contribution in [0, 0.1) is 19.7 Å². The monoisotopic (exact) mass is 439 g/mol. The molecule has 0 spiro atoms. The second-order valence-electron chi connectivity index (χ2n) is 7.49. The Kier molecular flexibility index (Phi) is 5.94. The summed E-state index contributed by atoms with van der Waals surface area (Å²) in [5.41, 5.74) is 3.35. The SMILES string of the molecule is Cc1ccc(NC(=O)N2CCC[C@@H]2c2nnc(C(=O)Nc3cccc(F)c3)s2)cc1C. The predicted octanol–water partition coefficient (Wildman–Crippen LogP) is 4.92. The summed E-state index contributed by atoms with van der Waals surface area (Å²) in [6.45, 7) is 4.63. The van der Waals surface area contributed by atoms with Crippen LogP contribution in [0.2, 0.25) is 0 Å². The van der Waals surface area contributed by atoms with E-state index in [1.165, 1.54) is 18.2 Å². The summed E-state index contributed by atoms with van der Waals surface area (Å²) in [5, 5.41) is 14.5. The van der Waals surface area contributed by atoms with Gasteiger partial charge in [-0.15, -0.1) is 10.2 Å². The molecule has 1 saturated heterocycles. The van der Waals surface area contributed by atoms with E-state index >= 15 is 0 Å². The molecule has 1 aliphatic rings.